The Morgan fingerprint density at radius 3 is 2.65 bits per heavy atom. The molecule has 0 atom stereocenters. The molecule has 20 heavy (non-hydrogen) atoms. The third kappa shape index (κ3) is 3.12. The van der Waals surface area contributed by atoms with Gasteiger partial charge in [-0.1, -0.05) is 11.6 Å². The number of hydrogen-bond donors (Lipinski definition) is 1. The first-order valence-electron chi connectivity index (χ1n) is 6.21. The first kappa shape index (κ1) is 14.0. The van der Waals surface area contributed by atoms with E-state index in [0.29, 0.717) is 17.3 Å². The topological polar surface area (TPSA) is 72.3 Å². The molecule has 5 heteroatoms. The smallest absolute Gasteiger partial charge is 0.311 e. The molecule has 1 heterocycles. The van der Waals surface area contributed by atoms with E-state index in [9.17, 15) is 4.79 Å². The molecule has 0 aliphatic rings. The van der Waals surface area contributed by atoms with E-state index < -0.39 is 5.97 Å². The fourth-order valence-electron chi connectivity index (χ4n) is 2.00. The van der Waals surface area contributed by atoms with Crippen molar-refractivity contribution < 1.29 is 14.6 Å². The Labute approximate surface area is 117 Å². The second-order valence-electron chi connectivity index (χ2n) is 4.59. The molecule has 0 fully saturated rings. The second-order valence-corrected chi connectivity index (χ2v) is 4.59. The van der Waals surface area contributed by atoms with Gasteiger partial charge >= 0.3 is 5.97 Å². The van der Waals surface area contributed by atoms with Crippen LogP contribution in [-0.2, 0) is 11.2 Å². The summed E-state index contributed by atoms with van der Waals surface area (Å²) in [5.74, 6) is 0.0591. The quantitative estimate of drug-likeness (QED) is 0.925. The maximum absolute atomic E-state index is 10.8. The van der Waals surface area contributed by atoms with Crippen molar-refractivity contribution >= 4 is 5.97 Å². The Morgan fingerprint density at radius 1 is 1.25 bits per heavy atom. The van der Waals surface area contributed by atoms with Gasteiger partial charge in [0.25, 0.3) is 0 Å². The van der Waals surface area contributed by atoms with Crippen molar-refractivity contribution in [1.82, 2.24) is 9.97 Å². The molecule has 0 spiro atoms. The maximum Gasteiger partial charge on any atom is 0.311 e. The van der Waals surface area contributed by atoms with Crippen LogP contribution in [0.2, 0.25) is 0 Å². The average Bonchev–Trinajstić information content (AvgIpc) is 2.37. The van der Waals surface area contributed by atoms with Crippen molar-refractivity contribution in [2.75, 3.05) is 7.11 Å². The number of methoxy groups -OCH3 is 1. The minimum Gasteiger partial charge on any atom is -0.496 e. The Hall–Kier alpha value is -2.43. The zero-order chi connectivity index (χ0) is 14.7. The van der Waals surface area contributed by atoms with Gasteiger partial charge in [0.2, 0.25) is 0 Å². The van der Waals surface area contributed by atoms with E-state index >= 15 is 0 Å². The van der Waals surface area contributed by atoms with Crippen LogP contribution in [0.1, 0.15) is 17.1 Å². The van der Waals surface area contributed by atoms with Gasteiger partial charge in [-0.15, -0.1) is 0 Å². The largest absolute Gasteiger partial charge is 0.496 e. The van der Waals surface area contributed by atoms with E-state index in [-0.39, 0.29) is 6.42 Å². The van der Waals surface area contributed by atoms with Gasteiger partial charge in [-0.25, -0.2) is 9.97 Å². The molecule has 1 aromatic carbocycles. The highest BCUT2D eigenvalue weighted by atomic mass is 16.5. The molecule has 1 N–H and O–H groups in total. The van der Waals surface area contributed by atoms with Crippen LogP contribution in [0.4, 0.5) is 0 Å². The zero-order valence-electron chi connectivity index (χ0n) is 11.7. The number of carbonyl (C=O) groups is 1. The van der Waals surface area contributed by atoms with Crippen molar-refractivity contribution in [3.63, 3.8) is 0 Å². The van der Waals surface area contributed by atoms with E-state index in [0.717, 1.165) is 16.8 Å². The first-order valence-corrected chi connectivity index (χ1v) is 6.21. The van der Waals surface area contributed by atoms with Gasteiger partial charge in [0.1, 0.15) is 18.0 Å². The van der Waals surface area contributed by atoms with Crippen molar-refractivity contribution in [2.24, 2.45) is 0 Å². The molecule has 0 aliphatic heterocycles. The minimum absolute atomic E-state index is 0.192. The molecule has 0 amide bonds. The number of ether oxygens (including phenoxy) is 1. The van der Waals surface area contributed by atoms with E-state index in [1.807, 2.05) is 38.1 Å². The molecule has 0 saturated heterocycles. The average molecular weight is 272 g/mol. The van der Waals surface area contributed by atoms with Crippen LogP contribution in [0.25, 0.3) is 11.3 Å². The standard InChI is InChI=1S/C15H16N2O3/c1-9-4-5-13(20-3)11(6-9)12-7-10(2)16-14(17-12)8-15(18)19/h4-7H,8H2,1-3H3,(H,18,19). The predicted molar refractivity (Wildman–Crippen MR) is 74.8 cm³/mol. The first-order chi connectivity index (χ1) is 9.49. The van der Waals surface area contributed by atoms with E-state index in [1.54, 1.807) is 7.11 Å². The summed E-state index contributed by atoms with van der Waals surface area (Å²) < 4.78 is 5.34. The minimum atomic E-state index is -0.947. The lowest BCUT2D eigenvalue weighted by Crippen LogP contribution is -2.07. The molecular formula is C15H16N2O3. The summed E-state index contributed by atoms with van der Waals surface area (Å²) in [6, 6.07) is 7.61. The molecular weight excluding hydrogens is 256 g/mol. The number of rotatable bonds is 4. The number of hydrogen-bond acceptors (Lipinski definition) is 4. The van der Waals surface area contributed by atoms with E-state index in [2.05, 4.69) is 9.97 Å². The number of carboxylic acids is 1. The number of nitrogens with zero attached hydrogens (tertiary/aromatic N) is 2. The van der Waals surface area contributed by atoms with Crippen LogP contribution in [0.3, 0.4) is 0 Å². The molecule has 1 aromatic heterocycles. The molecule has 0 radical (unpaired) electrons. The summed E-state index contributed by atoms with van der Waals surface area (Å²) in [5.41, 5.74) is 3.32. The fraction of sp³-hybridized carbons (Fsp3) is 0.267. The highest BCUT2D eigenvalue weighted by Crippen LogP contribution is 2.29. The van der Waals surface area contributed by atoms with Crippen LogP contribution in [0.15, 0.2) is 24.3 Å². The SMILES string of the molecule is COc1ccc(C)cc1-c1cc(C)nc(CC(=O)O)n1. The van der Waals surface area contributed by atoms with Gasteiger partial charge in [0, 0.05) is 11.3 Å². The number of aryl methyl sites for hydroxylation is 2. The van der Waals surface area contributed by atoms with Gasteiger partial charge < -0.3 is 9.84 Å². The molecule has 0 aliphatic carbocycles. The summed E-state index contributed by atoms with van der Waals surface area (Å²) in [6.07, 6.45) is -0.192. The van der Waals surface area contributed by atoms with Crippen LogP contribution in [0, 0.1) is 13.8 Å². The summed E-state index contributed by atoms with van der Waals surface area (Å²) in [7, 11) is 1.60. The lowest BCUT2D eigenvalue weighted by atomic mass is 10.1. The Morgan fingerprint density at radius 2 is 2.00 bits per heavy atom. The van der Waals surface area contributed by atoms with Crippen LogP contribution in [0.5, 0.6) is 5.75 Å². The molecule has 5 nitrogen and oxygen atoms in total. The lowest BCUT2D eigenvalue weighted by molar-refractivity contribution is -0.136. The van der Waals surface area contributed by atoms with Crippen molar-refractivity contribution in [1.29, 1.82) is 0 Å². The van der Waals surface area contributed by atoms with Crippen molar-refractivity contribution in [3.8, 4) is 17.0 Å². The van der Waals surface area contributed by atoms with Gasteiger partial charge in [0.15, 0.2) is 0 Å². The zero-order valence-corrected chi connectivity index (χ0v) is 11.7. The van der Waals surface area contributed by atoms with E-state index in [1.165, 1.54) is 0 Å². The Kier molecular flexibility index (Phi) is 3.98. The van der Waals surface area contributed by atoms with Gasteiger partial charge in [0.05, 0.1) is 12.8 Å². The monoisotopic (exact) mass is 272 g/mol. The molecule has 0 unspecified atom stereocenters. The highest BCUT2D eigenvalue weighted by Gasteiger charge is 2.12. The summed E-state index contributed by atoms with van der Waals surface area (Å²) in [4.78, 5) is 19.3. The van der Waals surface area contributed by atoms with Crippen LogP contribution in [-0.4, -0.2) is 28.2 Å². The number of carboxylic acid groups (broad SMARTS) is 1. The number of aromatic nitrogens is 2. The molecule has 104 valence electrons. The number of benzene rings is 1. The normalized spacial score (nSPS) is 10.3. The highest BCUT2D eigenvalue weighted by molar-refractivity contribution is 5.71. The molecule has 0 saturated carbocycles. The summed E-state index contributed by atoms with van der Waals surface area (Å²) in [6.45, 7) is 3.80. The van der Waals surface area contributed by atoms with Gasteiger partial charge in [-0.2, -0.15) is 0 Å². The summed E-state index contributed by atoms with van der Waals surface area (Å²) >= 11 is 0. The third-order valence-corrected chi connectivity index (χ3v) is 2.84. The van der Waals surface area contributed by atoms with Crippen molar-refractivity contribution in [2.45, 2.75) is 20.3 Å². The lowest BCUT2D eigenvalue weighted by Gasteiger charge is -2.10. The number of aliphatic carboxylic acids is 1. The summed E-state index contributed by atoms with van der Waals surface area (Å²) in [5, 5.41) is 8.86. The molecule has 2 aromatic rings. The maximum atomic E-state index is 10.8. The molecule has 2 rings (SSSR count). The van der Waals surface area contributed by atoms with E-state index in [4.69, 9.17) is 9.84 Å². The van der Waals surface area contributed by atoms with Gasteiger partial charge in [-0.05, 0) is 32.0 Å². The fourth-order valence-corrected chi connectivity index (χ4v) is 2.00. The molecule has 0 bridgehead atoms. The third-order valence-electron chi connectivity index (χ3n) is 2.84. The van der Waals surface area contributed by atoms with Crippen LogP contribution < -0.4 is 4.74 Å². The predicted octanol–water partition coefficient (Wildman–Crippen LogP) is 2.40. The van der Waals surface area contributed by atoms with Crippen molar-refractivity contribution in [3.05, 3.63) is 41.3 Å². The van der Waals surface area contributed by atoms with Gasteiger partial charge in [-0.3, -0.25) is 4.79 Å². The Balaban J connectivity index is 2.54. The Bertz CT molecular complexity index is 654. The van der Waals surface area contributed by atoms with Crippen LogP contribution >= 0.6 is 0 Å². The second kappa shape index (κ2) is 5.69.